The quantitative estimate of drug-likeness (QED) is 0.912. The predicted octanol–water partition coefficient (Wildman–Crippen LogP) is 4.15. The molecule has 4 heteroatoms. The fraction of sp³-hybridized carbons (Fsp3) is 0.400. The monoisotopic (exact) mass is 278 g/mol. The average molecular weight is 278 g/mol. The molecule has 0 saturated carbocycles. The lowest BCUT2D eigenvalue weighted by Gasteiger charge is -2.19. The summed E-state index contributed by atoms with van der Waals surface area (Å²) in [6.07, 6.45) is 1.86. The third kappa shape index (κ3) is 4.11. The van der Waals surface area contributed by atoms with Crippen molar-refractivity contribution in [3.05, 3.63) is 40.7 Å². The van der Waals surface area contributed by atoms with E-state index in [0.717, 1.165) is 27.6 Å². The molecule has 2 aromatic rings. The molecular formula is C15H19FN2S. The van der Waals surface area contributed by atoms with Crippen LogP contribution in [-0.2, 0) is 6.54 Å². The van der Waals surface area contributed by atoms with Crippen molar-refractivity contribution in [2.75, 3.05) is 0 Å². The summed E-state index contributed by atoms with van der Waals surface area (Å²) in [6, 6.07) is 5.02. The molecule has 1 N–H and O–H groups in total. The van der Waals surface area contributed by atoms with Gasteiger partial charge in [0.2, 0.25) is 0 Å². The molecule has 0 atom stereocenters. The zero-order valence-corrected chi connectivity index (χ0v) is 12.6. The lowest BCUT2D eigenvalue weighted by molar-refractivity contribution is 0.426. The van der Waals surface area contributed by atoms with Crippen molar-refractivity contribution in [1.29, 1.82) is 0 Å². The Bertz CT molecular complexity index is 550. The number of aromatic nitrogens is 1. The van der Waals surface area contributed by atoms with Crippen LogP contribution in [0.5, 0.6) is 0 Å². The van der Waals surface area contributed by atoms with Crippen molar-refractivity contribution in [3.8, 4) is 10.6 Å². The van der Waals surface area contributed by atoms with E-state index in [-0.39, 0.29) is 11.4 Å². The van der Waals surface area contributed by atoms with Crippen molar-refractivity contribution in [2.45, 2.75) is 39.8 Å². The third-order valence-electron chi connectivity index (χ3n) is 2.64. The SMILES string of the molecule is Cc1cc(F)cc(-c2ncc(CNC(C)(C)C)s2)c1. The van der Waals surface area contributed by atoms with Crippen LogP contribution in [0.25, 0.3) is 10.6 Å². The van der Waals surface area contributed by atoms with E-state index in [4.69, 9.17) is 0 Å². The largest absolute Gasteiger partial charge is 0.307 e. The standard InChI is InChI=1S/C15H19FN2S/c1-10-5-11(7-12(16)6-10)14-17-8-13(19-14)9-18-15(2,3)4/h5-8,18H,9H2,1-4H3. The Labute approximate surface area is 117 Å². The summed E-state index contributed by atoms with van der Waals surface area (Å²) < 4.78 is 13.4. The maximum absolute atomic E-state index is 13.4. The highest BCUT2D eigenvalue weighted by Gasteiger charge is 2.11. The van der Waals surface area contributed by atoms with E-state index in [2.05, 4.69) is 31.1 Å². The molecule has 0 amide bonds. The minimum Gasteiger partial charge on any atom is -0.307 e. The summed E-state index contributed by atoms with van der Waals surface area (Å²) in [5, 5.41) is 4.29. The molecule has 1 aromatic heterocycles. The maximum Gasteiger partial charge on any atom is 0.124 e. The molecule has 0 aliphatic carbocycles. The van der Waals surface area contributed by atoms with Gasteiger partial charge in [-0.15, -0.1) is 11.3 Å². The lowest BCUT2D eigenvalue weighted by atomic mass is 10.1. The molecule has 0 saturated heterocycles. The maximum atomic E-state index is 13.4. The van der Waals surface area contributed by atoms with E-state index in [0.29, 0.717) is 0 Å². The Hall–Kier alpha value is -1.26. The zero-order valence-electron chi connectivity index (χ0n) is 11.7. The molecule has 0 unspecified atom stereocenters. The Morgan fingerprint density at radius 2 is 2.00 bits per heavy atom. The first-order chi connectivity index (χ1) is 8.83. The molecule has 102 valence electrons. The molecule has 0 spiro atoms. The van der Waals surface area contributed by atoms with Crippen LogP contribution in [-0.4, -0.2) is 10.5 Å². The highest BCUT2D eigenvalue weighted by Crippen LogP contribution is 2.26. The Morgan fingerprint density at radius 1 is 1.26 bits per heavy atom. The van der Waals surface area contributed by atoms with E-state index in [1.165, 1.54) is 12.1 Å². The summed E-state index contributed by atoms with van der Waals surface area (Å²) in [5.41, 5.74) is 1.85. The number of thiazole rings is 1. The molecule has 0 aliphatic heterocycles. The van der Waals surface area contributed by atoms with Gasteiger partial charge in [-0.05, 0) is 51.5 Å². The smallest absolute Gasteiger partial charge is 0.124 e. The summed E-state index contributed by atoms with van der Waals surface area (Å²) >= 11 is 1.60. The van der Waals surface area contributed by atoms with Crippen LogP contribution in [0.3, 0.4) is 0 Å². The van der Waals surface area contributed by atoms with Gasteiger partial charge in [0, 0.05) is 28.7 Å². The zero-order chi connectivity index (χ0) is 14.0. The van der Waals surface area contributed by atoms with Gasteiger partial charge >= 0.3 is 0 Å². The number of nitrogens with zero attached hydrogens (tertiary/aromatic N) is 1. The van der Waals surface area contributed by atoms with Crippen molar-refractivity contribution >= 4 is 11.3 Å². The third-order valence-corrected chi connectivity index (χ3v) is 3.68. The Kier molecular flexibility index (Phi) is 4.02. The van der Waals surface area contributed by atoms with Gasteiger partial charge in [0.25, 0.3) is 0 Å². The van der Waals surface area contributed by atoms with Crippen LogP contribution < -0.4 is 5.32 Å². The number of nitrogens with one attached hydrogen (secondary N) is 1. The van der Waals surface area contributed by atoms with Crippen LogP contribution in [0, 0.1) is 12.7 Å². The topological polar surface area (TPSA) is 24.9 Å². The van der Waals surface area contributed by atoms with Crippen molar-refractivity contribution in [3.63, 3.8) is 0 Å². The van der Waals surface area contributed by atoms with Crippen LogP contribution >= 0.6 is 11.3 Å². The number of aryl methyl sites for hydroxylation is 1. The second-order valence-electron chi connectivity index (χ2n) is 5.75. The van der Waals surface area contributed by atoms with Gasteiger partial charge in [0.15, 0.2) is 0 Å². The van der Waals surface area contributed by atoms with Crippen LogP contribution in [0.1, 0.15) is 31.2 Å². The van der Waals surface area contributed by atoms with E-state index < -0.39 is 0 Å². The average Bonchev–Trinajstić information content (AvgIpc) is 2.72. The highest BCUT2D eigenvalue weighted by molar-refractivity contribution is 7.15. The second kappa shape index (κ2) is 5.39. The summed E-state index contributed by atoms with van der Waals surface area (Å²) in [6.45, 7) is 9.07. The Morgan fingerprint density at radius 3 is 2.63 bits per heavy atom. The van der Waals surface area contributed by atoms with Gasteiger partial charge in [-0.25, -0.2) is 9.37 Å². The van der Waals surface area contributed by atoms with Gasteiger partial charge in [-0.2, -0.15) is 0 Å². The van der Waals surface area contributed by atoms with Gasteiger partial charge in [0.1, 0.15) is 10.8 Å². The fourth-order valence-electron chi connectivity index (χ4n) is 1.73. The lowest BCUT2D eigenvalue weighted by Crippen LogP contribution is -2.34. The second-order valence-corrected chi connectivity index (χ2v) is 6.87. The normalized spacial score (nSPS) is 11.8. The minimum atomic E-state index is -0.209. The first-order valence-electron chi connectivity index (χ1n) is 6.31. The van der Waals surface area contributed by atoms with Crippen LogP contribution in [0.15, 0.2) is 24.4 Å². The van der Waals surface area contributed by atoms with Gasteiger partial charge in [0.05, 0.1) is 0 Å². The summed E-state index contributed by atoms with van der Waals surface area (Å²) in [5.74, 6) is -0.209. The Balaban J connectivity index is 2.16. The summed E-state index contributed by atoms with van der Waals surface area (Å²) in [7, 11) is 0. The predicted molar refractivity (Wildman–Crippen MR) is 78.8 cm³/mol. The first-order valence-corrected chi connectivity index (χ1v) is 7.12. The molecule has 0 radical (unpaired) electrons. The molecule has 1 aromatic carbocycles. The molecule has 2 nitrogen and oxygen atoms in total. The molecule has 0 bridgehead atoms. The minimum absolute atomic E-state index is 0.0829. The molecule has 2 rings (SSSR count). The molecule has 0 aliphatic rings. The number of rotatable bonds is 3. The van der Waals surface area contributed by atoms with Crippen molar-refractivity contribution < 1.29 is 4.39 Å². The van der Waals surface area contributed by atoms with Gasteiger partial charge in [-0.3, -0.25) is 0 Å². The fourth-order valence-corrected chi connectivity index (χ4v) is 2.57. The summed E-state index contributed by atoms with van der Waals surface area (Å²) in [4.78, 5) is 5.54. The number of hydrogen-bond acceptors (Lipinski definition) is 3. The van der Waals surface area contributed by atoms with Crippen molar-refractivity contribution in [1.82, 2.24) is 10.3 Å². The molecule has 0 fully saturated rings. The van der Waals surface area contributed by atoms with E-state index >= 15 is 0 Å². The first kappa shape index (κ1) is 14.2. The number of benzene rings is 1. The van der Waals surface area contributed by atoms with E-state index in [9.17, 15) is 4.39 Å². The van der Waals surface area contributed by atoms with E-state index in [1.807, 2.05) is 19.2 Å². The highest BCUT2D eigenvalue weighted by atomic mass is 32.1. The number of hydrogen-bond donors (Lipinski definition) is 1. The van der Waals surface area contributed by atoms with E-state index in [1.54, 1.807) is 11.3 Å². The molecule has 19 heavy (non-hydrogen) atoms. The van der Waals surface area contributed by atoms with Crippen LogP contribution in [0.2, 0.25) is 0 Å². The number of halogens is 1. The van der Waals surface area contributed by atoms with Gasteiger partial charge in [-0.1, -0.05) is 0 Å². The van der Waals surface area contributed by atoms with Crippen LogP contribution in [0.4, 0.5) is 4.39 Å². The van der Waals surface area contributed by atoms with Gasteiger partial charge < -0.3 is 5.32 Å². The van der Waals surface area contributed by atoms with Crippen molar-refractivity contribution in [2.24, 2.45) is 0 Å². The molecular weight excluding hydrogens is 259 g/mol. The molecule has 1 heterocycles.